The van der Waals surface area contributed by atoms with E-state index in [1.807, 2.05) is 27.7 Å². The van der Waals surface area contributed by atoms with E-state index in [0.29, 0.717) is 6.42 Å². The quantitative estimate of drug-likeness (QED) is 0.638. The van der Waals surface area contributed by atoms with Gasteiger partial charge in [0.2, 0.25) is 5.78 Å². The van der Waals surface area contributed by atoms with Gasteiger partial charge in [0, 0.05) is 5.54 Å². The molecular formula is C10H20N2O2. The van der Waals surface area contributed by atoms with E-state index in [1.165, 1.54) is 0 Å². The Bertz CT molecular complexity index is 219. The number of nitrogens with one attached hydrogen (secondary N) is 1. The summed E-state index contributed by atoms with van der Waals surface area (Å²) in [6, 6.07) is -0.447. The van der Waals surface area contributed by atoms with Gasteiger partial charge in [0.25, 0.3) is 5.91 Å². The first-order valence-electron chi connectivity index (χ1n) is 4.89. The molecule has 0 heterocycles. The third-order valence-electron chi connectivity index (χ3n) is 1.74. The molecule has 4 nitrogen and oxygen atoms in total. The van der Waals surface area contributed by atoms with Crippen LogP contribution < -0.4 is 11.1 Å². The zero-order valence-corrected chi connectivity index (χ0v) is 9.39. The molecule has 0 aromatic heterocycles. The van der Waals surface area contributed by atoms with Crippen molar-refractivity contribution < 1.29 is 9.59 Å². The van der Waals surface area contributed by atoms with Gasteiger partial charge < -0.3 is 11.1 Å². The van der Waals surface area contributed by atoms with Crippen LogP contribution in [0.2, 0.25) is 0 Å². The average Bonchev–Trinajstić information content (AvgIpc) is 1.99. The van der Waals surface area contributed by atoms with Crippen molar-refractivity contribution in [3.63, 3.8) is 0 Å². The van der Waals surface area contributed by atoms with Crippen LogP contribution in [0.4, 0.5) is 0 Å². The molecule has 1 unspecified atom stereocenters. The molecular weight excluding hydrogens is 180 g/mol. The van der Waals surface area contributed by atoms with Crippen molar-refractivity contribution in [3.05, 3.63) is 0 Å². The molecule has 0 saturated heterocycles. The number of carbonyl (C=O) groups excluding carboxylic acids is 2. The predicted octanol–water partition coefficient (Wildman–Crippen LogP) is 0.598. The molecule has 0 fully saturated rings. The molecule has 0 aromatic carbocycles. The first-order valence-corrected chi connectivity index (χ1v) is 4.89. The summed E-state index contributed by atoms with van der Waals surface area (Å²) in [5.41, 5.74) is 4.77. The summed E-state index contributed by atoms with van der Waals surface area (Å²) in [4.78, 5) is 22.1. The van der Waals surface area contributed by atoms with Crippen molar-refractivity contribution in [1.29, 1.82) is 0 Å². The molecule has 3 N–H and O–H groups in total. The van der Waals surface area contributed by atoms with E-state index in [2.05, 4.69) is 5.32 Å². The topological polar surface area (TPSA) is 72.2 Å². The number of ketones is 1. The summed E-state index contributed by atoms with van der Waals surface area (Å²) in [6.07, 6.45) is 1.48. The lowest BCUT2D eigenvalue weighted by Gasteiger charge is -2.26. The van der Waals surface area contributed by atoms with E-state index >= 15 is 0 Å². The molecule has 0 radical (unpaired) electrons. The first-order chi connectivity index (χ1) is 6.28. The number of hydrogen-bond acceptors (Lipinski definition) is 3. The van der Waals surface area contributed by atoms with Crippen molar-refractivity contribution in [1.82, 2.24) is 5.32 Å². The van der Waals surface area contributed by atoms with Crippen molar-refractivity contribution in [3.8, 4) is 0 Å². The van der Waals surface area contributed by atoms with Gasteiger partial charge in [-0.2, -0.15) is 0 Å². The van der Waals surface area contributed by atoms with Gasteiger partial charge in [-0.3, -0.25) is 9.59 Å². The Hall–Kier alpha value is -0.900. The summed E-state index contributed by atoms with van der Waals surface area (Å²) in [5.74, 6) is -1.39. The number of hydrogen-bond donors (Lipinski definition) is 2. The molecule has 82 valence electrons. The second-order valence-corrected chi connectivity index (χ2v) is 4.46. The van der Waals surface area contributed by atoms with Crippen LogP contribution >= 0.6 is 0 Å². The minimum Gasteiger partial charge on any atom is -0.363 e. The fourth-order valence-electron chi connectivity index (χ4n) is 1.25. The second kappa shape index (κ2) is 5.10. The maximum absolute atomic E-state index is 11.4. The SMILES string of the molecule is CCCC(NC(C)(C)C)C(=O)C(N)=O. The fourth-order valence-corrected chi connectivity index (χ4v) is 1.25. The Morgan fingerprint density at radius 3 is 2.14 bits per heavy atom. The zero-order chi connectivity index (χ0) is 11.4. The lowest BCUT2D eigenvalue weighted by molar-refractivity contribution is -0.137. The highest BCUT2D eigenvalue weighted by molar-refractivity contribution is 6.37. The Morgan fingerprint density at radius 1 is 1.36 bits per heavy atom. The molecule has 1 atom stereocenters. The number of nitrogens with two attached hydrogens (primary N) is 1. The van der Waals surface area contributed by atoms with E-state index in [1.54, 1.807) is 0 Å². The summed E-state index contributed by atoms with van der Waals surface area (Å²) < 4.78 is 0. The van der Waals surface area contributed by atoms with E-state index < -0.39 is 17.7 Å². The van der Waals surface area contributed by atoms with Crippen molar-refractivity contribution in [2.45, 2.75) is 52.1 Å². The maximum Gasteiger partial charge on any atom is 0.286 e. The number of rotatable bonds is 5. The predicted molar refractivity (Wildman–Crippen MR) is 55.8 cm³/mol. The summed E-state index contributed by atoms with van der Waals surface area (Å²) in [7, 11) is 0. The van der Waals surface area contributed by atoms with Crippen LogP contribution in [-0.2, 0) is 9.59 Å². The summed E-state index contributed by atoms with van der Waals surface area (Å²) in [5, 5.41) is 3.09. The van der Waals surface area contributed by atoms with Gasteiger partial charge in [-0.25, -0.2) is 0 Å². The number of carbonyl (C=O) groups is 2. The molecule has 1 amide bonds. The minimum absolute atomic E-state index is 0.190. The number of amides is 1. The van der Waals surface area contributed by atoms with Gasteiger partial charge in [0.15, 0.2) is 0 Å². The van der Waals surface area contributed by atoms with E-state index in [4.69, 9.17) is 5.73 Å². The molecule has 0 aromatic rings. The molecule has 4 heteroatoms. The summed E-state index contributed by atoms with van der Waals surface area (Å²) >= 11 is 0. The lowest BCUT2D eigenvalue weighted by atomic mass is 10.0. The maximum atomic E-state index is 11.4. The highest BCUT2D eigenvalue weighted by atomic mass is 16.2. The molecule has 0 bridgehead atoms. The zero-order valence-electron chi connectivity index (χ0n) is 9.39. The molecule has 0 aliphatic carbocycles. The molecule has 0 aliphatic heterocycles. The van der Waals surface area contributed by atoms with Crippen LogP contribution in [-0.4, -0.2) is 23.3 Å². The molecule has 0 aliphatic rings. The van der Waals surface area contributed by atoms with E-state index in [0.717, 1.165) is 6.42 Å². The Morgan fingerprint density at radius 2 is 1.86 bits per heavy atom. The molecule has 0 rings (SSSR count). The third kappa shape index (κ3) is 4.97. The smallest absolute Gasteiger partial charge is 0.286 e. The van der Waals surface area contributed by atoms with E-state index in [-0.39, 0.29) is 5.54 Å². The fraction of sp³-hybridized carbons (Fsp3) is 0.800. The first kappa shape index (κ1) is 13.1. The van der Waals surface area contributed by atoms with Gasteiger partial charge in [-0.05, 0) is 27.2 Å². The largest absolute Gasteiger partial charge is 0.363 e. The van der Waals surface area contributed by atoms with Crippen LogP contribution in [0.1, 0.15) is 40.5 Å². The van der Waals surface area contributed by atoms with Gasteiger partial charge in [-0.15, -0.1) is 0 Å². The molecule has 14 heavy (non-hydrogen) atoms. The number of Topliss-reactive ketones (excluding diaryl/α,β-unsaturated/α-hetero) is 1. The second-order valence-electron chi connectivity index (χ2n) is 4.46. The van der Waals surface area contributed by atoms with Crippen LogP contribution in [0.5, 0.6) is 0 Å². The Kier molecular flexibility index (Phi) is 4.77. The average molecular weight is 200 g/mol. The monoisotopic (exact) mass is 200 g/mol. The third-order valence-corrected chi connectivity index (χ3v) is 1.74. The van der Waals surface area contributed by atoms with Crippen LogP contribution in [0.25, 0.3) is 0 Å². The van der Waals surface area contributed by atoms with Gasteiger partial charge in [0.1, 0.15) is 0 Å². The van der Waals surface area contributed by atoms with Crippen molar-refractivity contribution in [2.24, 2.45) is 5.73 Å². The van der Waals surface area contributed by atoms with Gasteiger partial charge in [-0.1, -0.05) is 13.3 Å². The number of primary amides is 1. The van der Waals surface area contributed by atoms with Crippen LogP contribution in [0.3, 0.4) is 0 Å². The van der Waals surface area contributed by atoms with Crippen LogP contribution in [0.15, 0.2) is 0 Å². The highest BCUT2D eigenvalue weighted by Crippen LogP contribution is 2.06. The van der Waals surface area contributed by atoms with Crippen molar-refractivity contribution in [2.75, 3.05) is 0 Å². The normalized spacial score (nSPS) is 13.7. The highest BCUT2D eigenvalue weighted by Gasteiger charge is 2.25. The molecule has 0 spiro atoms. The standard InChI is InChI=1S/C10H20N2O2/c1-5-6-7(8(13)9(11)14)12-10(2,3)4/h7,12H,5-6H2,1-4H3,(H2,11,14). The van der Waals surface area contributed by atoms with Gasteiger partial charge in [0.05, 0.1) is 6.04 Å². The lowest BCUT2D eigenvalue weighted by Crippen LogP contribution is -2.50. The Balaban J connectivity index is 4.44. The van der Waals surface area contributed by atoms with Gasteiger partial charge >= 0.3 is 0 Å². The molecule has 0 saturated carbocycles. The Labute approximate surface area is 85.2 Å². The minimum atomic E-state index is -0.861. The van der Waals surface area contributed by atoms with Crippen LogP contribution in [0, 0.1) is 0 Å². The van der Waals surface area contributed by atoms with Crippen molar-refractivity contribution >= 4 is 11.7 Å². The van der Waals surface area contributed by atoms with E-state index in [9.17, 15) is 9.59 Å². The summed E-state index contributed by atoms with van der Waals surface area (Å²) in [6.45, 7) is 7.81.